The van der Waals surface area contributed by atoms with Crippen LogP contribution in [0.2, 0.25) is 0 Å². The molecule has 6 nitrogen and oxygen atoms in total. The molecule has 0 aliphatic heterocycles. The van der Waals surface area contributed by atoms with Crippen LogP contribution in [0.1, 0.15) is 12.5 Å². The van der Waals surface area contributed by atoms with E-state index in [4.69, 9.17) is 10.5 Å². The van der Waals surface area contributed by atoms with Crippen molar-refractivity contribution in [3.05, 3.63) is 52.4 Å². The predicted molar refractivity (Wildman–Crippen MR) is 74.9 cm³/mol. The molecule has 2 aromatic rings. The zero-order valence-electron chi connectivity index (χ0n) is 11.2. The third-order valence-corrected chi connectivity index (χ3v) is 2.60. The first-order valence-electron chi connectivity index (χ1n) is 6.28. The molecule has 3 N–H and O–H groups in total. The Kier molecular flexibility index (Phi) is 4.37. The smallest absolute Gasteiger partial charge is 0.270 e. The summed E-state index contributed by atoms with van der Waals surface area (Å²) in [5.41, 5.74) is 6.10. The van der Waals surface area contributed by atoms with Gasteiger partial charge in [-0.05, 0) is 24.6 Å². The van der Waals surface area contributed by atoms with E-state index in [1.165, 1.54) is 16.9 Å². The molecule has 0 amide bonds. The maximum absolute atomic E-state index is 11.9. The quantitative estimate of drug-likeness (QED) is 0.839. The van der Waals surface area contributed by atoms with Crippen LogP contribution in [0.25, 0.3) is 0 Å². The third kappa shape index (κ3) is 3.83. The summed E-state index contributed by atoms with van der Waals surface area (Å²) < 4.78 is 6.63. The Morgan fingerprint density at radius 2 is 2.25 bits per heavy atom. The first-order valence-corrected chi connectivity index (χ1v) is 6.28. The van der Waals surface area contributed by atoms with Crippen LogP contribution >= 0.6 is 0 Å². The third-order valence-electron chi connectivity index (χ3n) is 2.60. The van der Waals surface area contributed by atoms with Gasteiger partial charge in [0.15, 0.2) is 0 Å². The highest BCUT2D eigenvalue weighted by Crippen LogP contribution is 2.11. The van der Waals surface area contributed by atoms with E-state index in [2.05, 4.69) is 5.10 Å². The van der Waals surface area contributed by atoms with E-state index in [9.17, 15) is 9.90 Å². The first-order chi connectivity index (χ1) is 9.54. The summed E-state index contributed by atoms with van der Waals surface area (Å²) in [5.74, 6) is 0.562. The minimum Gasteiger partial charge on any atom is -0.508 e. The normalized spacial score (nSPS) is 12.1. The number of phenolic OH excluding ortho intramolecular Hbond substituents is 1. The van der Waals surface area contributed by atoms with Gasteiger partial charge in [-0.1, -0.05) is 12.1 Å². The lowest BCUT2D eigenvalue weighted by atomic mass is 10.2. The molecule has 0 aliphatic carbocycles. The molecule has 6 heteroatoms. The summed E-state index contributed by atoms with van der Waals surface area (Å²) in [6, 6.07) is 7.96. The fourth-order valence-corrected chi connectivity index (χ4v) is 1.67. The van der Waals surface area contributed by atoms with E-state index >= 15 is 0 Å². The minimum atomic E-state index is -0.268. The Morgan fingerprint density at radius 1 is 1.45 bits per heavy atom. The van der Waals surface area contributed by atoms with E-state index in [-0.39, 0.29) is 17.4 Å². The van der Waals surface area contributed by atoms with Gasteiger partial charge in [-0.2, -0.15) is 5.10 Å². The Bertz CT molecular complexity index is 638. The largest absolute Gasteiger partial charge is 0.508 e. The molecular weight excluding hydrogens is 258 g/mol. The van der Waals surface area contributed by atoms with Crippen LogP contribution in [-0.4, -0.2) is 27.5 Å². The number of nitrogens with two attached hydrogens (primary N) is 1. The number of nitrogens with zero attached hydrogens (tertiary/aromatic N) is 2. The molecule has 20 heavy (non-hydrogen) atoms. The van der Waals surface area contributed by atoms with Gasteiger partial charge in [-0.3, -0.25) is 4.79 Å². The zero-order valence-corrected chi connectivity index (χ0v) is 11.2. The van der Waals surface area contributed by atoms with Gasteiger partial charge in [0, 0.05) is 12.1 Å². The maximum atomic E-state index is 11.9. The Morgan fingerprint density at radius 3 is 2.90 bits per heavy atom. The van der Waals surface area contributed by atoms with E-state index < -0.39 is 0 Å². The lowest BCUT2D eigenvalue weighted by molar-refractivity contribution is 0.293. The molecule has 2 rings (SSSR count). The molecule has 0 fully saturated rings. The van der Waals surface area contributed by atoms with Gasteiger partial charge in [-0.25, -0.2) is 4.68 Å². The molecular formula is C14H17N3O3. The number of hydrogen-bond donors (Lipinski definition) is 2. The second-order valence-corrected chi connectivity index (χ2v) is 4.65. The van der Waals surface area contributed by atoms with Crippen molar-refractivity contribution < 1.29 is 9.84 Å². The Hall–Kier alpha value is -2.34. The van der Waals surface area contributed by atoms with E-state index in [0.717, 1.165) is 5.56 Å². The predicted octanol–water partition coefficient (Wildman–Crippen LogP) is 0.723. The first kappa shape index (κ1) is 14.1. The summed E-state index contributed by atoms with van der Waals surface area (Å²) in [5, 5.41) is 13.4. The lowest BCUT2D eigenvalue weighted by Gasteiger charge is -2.09. The summed E-state index contributed by atoms with van der Waals surface area (Å²) in [6.07, 6.45) is 1.48. The van der Waals surface area contributed by atoms with E-state index in [0.29, 0.717) is 18.9 Å². The molecule has 106 valence electrons. The number of hydrogen-bond acceptors (Lipinski definition) is 5. The monoisotopic (exact) mass is 275 g/mol. The molecule has 1 unspecified atom stereocenters. The van der Waals surface area contributed by atoms with Gasteiger partial charge in [0.2, 0.25) is 0 Å². The maximum Gasteiger partial charge on any atom is 0.270 e. The number of rotatable bonds is 5. The fourth-order valence-electron chi connectivity index (χ4n) is 1.67. The van der Waals surface area contributed by atoms with Gasteiger partial charge in [0.25, 0.3) is 5.56 Å². The van der Waals surface area contributed by atoms with E-state index in [1.54, 1.807) is 18.2 Å². The van der Waals surface area contributed by atoms with Crippen molar-refractivity contribution in [2.24, 2.45) is 5.73 Å². The van der Waals surface area contributed by atoms with Gasteiger partial charge in [0.1, 0.15) is 18.1 Å². The van der Waals surface area contributed by atoms with Gasteiger partial charge < -0.3 is 15.6 Å². The topological polar surface area (TPSA) is 90.4 Å². The van der Waals surface area contributed by atoms with Crippen LogP contribution in [0.5, 0.6) is 11.5 Å². The molecule has 1 aromatic carbocycles. The van der Waals surface area contributed by atoms with Gasteiger partial charge in [-0.15, -0.1) is 0 Å². The van der Waals surface area contributed by atoms with Crippen LogP contribution in [-0.2, 0) is 6.54 Å². The summed E-state index contributed by atoms with van der Waals surface area (Å²) >= 11 is 0. The molecule has 0 aliphatic rings. The lowest BCUT2D eigenvalue weighted by Crippen LogP contribution is -2.26. The second-order valence-electron chi connectivity index (χ2n) is 4.65. The highest BCUT2D eigenvalue weighted by atomic mass is 16.5. The highest BCUT2D eigenvalue weighted by molar-refractivity contribution is 5.27. The second kappa shape index (κ2) is 6.21. The molecule has 0 saturated carbocycles. The molecule has 0 saturated heterocycles. The van der Waals surface area contributed by atoms with Crippen molar-refractivity contribution in [2.45, 2.75) is 19.5 Å². The molecule has 0 bridgehead atoms. The summed E-state index contributed by atoms with van der Waals surface area (Å²) in [7, 11) is 0. The standard InChI is InChI=1S/C14H17N3O3/c1-10(15)9-20-13-6-14(19)17(16-7-13)8-11-3-2-4-12(18)5-11/h2-7,10,18H,8-9,15H2,1H3. The van der Waals surface area contributed by atoms with Crippen LogP contribution in [0.15, 0.2) is 41.3 Å². The SMILES string of the molecule is CC(N)COc1cnn(Cc2cccc(O)c2)c(=O)c1. The molecule has 0 spiro atoms. The van der Waals surface area contributed by atoms with Gasteiger partial charge in [0.05, 0.1) is 12.7 Å². The van der Waals surface area contributed by atoms with Crippen molar-refractivity contribution >= 4 is 0 Å². The fraction of sp³-hybridized carbons (Fsp3) is 0.286. The molecule has 1 aromatic heterocycles. The average molecular weight is 275 g/mol. The molecule has 1 atom stereocenters. The zero-order chi connectivity index (χ0) is 14.5. The number of benzene rings is 1. The molecule has 1 heterocycles. The van der Waals surface area contributed by atoms with Crippen molar-refractivity contribution in [3.63, 3.8) is 0 Å². The Labute approximate surface area is 116 Å². The van der Waals surface area contributed by atoms with Crippen molar-refractivity contribution in [1.29, 1.82) is 0 Å². The number of aromatic hydroxyl groups is 1. The van der Waals surface area contributed by atoms with Crippen LogP contribution in [0.3, 0.4) is 0 Å². The summed E-state index contributed by atoms with van der Waals surface area (Å²) in [4.78, 5) is 11.9. The Balaban J connectivity index is 2.12. The number of ether oxygens (including phenoxy) is 1. The van der Waals surface area contributed by atoms with Crippen molar-refractivity contribution in [2.75, 3.05) is 6.61 Å². The molecule has 0 radical (unpaired) electrons. The number of aromatic nitrogens is 2. The van der Waals surface area contributed by atoms with Crippen molar-refractivity contribution in [1.82, 2.24) is 9.78 Å². The minimum absolute atomic E-state index is 0.107. The van der Waals surface area contributed by atoms with E-state index in [1.807, 2.05) is 13.0 Å². The summed E-state index contributed by atoms with van der Waals surface area (Å²) in [6.45, 7) is 2.44. The van der Waals surface area contributed by atoms with Crippen LogP contribution in [0.4, 0.5) is 0 Å². The van der Waals surface area contributed by atoms with Gasteiger partial charge >= 0.3 is 0 Å². The number of phenols is 1. The van der Waals surface area contributed by atoms with Crippen LogP contribution < -0.4 is 16.0 Å². The van der Waals surface area contributed by atoms with Crippen molar-refractivity contribution in [3.8, 4) is 11.5 Å². The highest BCUT2D eigenvalue weighted by Gasteiger charge is 2.04. The van der Waals surface area contributed by atoms with Crippen LogP contribution in [0, 0.1) is 0 Å². The average Bonchev–Trinajstić information content (AvgIpc) is 2.39.